The Bertz CT molecular complexity index is 1320. The Morgan fingerprint density at radius 1 is 1.15 bits per heavy atom. The summed E-state index contributed by atoms with van der Waals surface area (Å²) in [6, 6.07) is 13.9. The van der Waals surface area contributed by atoms with Crippen molar-refractivity contribution in [3.63, 3.8) is 0 Å². The fourth-order valence-electron chi connectivity index (χ4n) is 3.86. The van der Waals surface area contributed by atoms with Crippen LogP contribution in [-0.4, -0.2) is 34.8 Å². The van der Waals surface area contributed by atoms with Gasteiger partial charge in [-0.25, -0.2) is 0 Å². The molecule has 0 bridgehead atoms. The number of hydrogen-bond acceptors (Lipinski definition) is 6. The highest BCUT2D eigenvalue weighted by Crippen LogP contribution is 2.43. The normalized spacial score (nSPS) is 17.0. The van der Waals surface area contributed by atoms with Gasteiger partial charge in [-0.2, -0.15) is 0 Å². The number of ether oxygens (including phenoxy) is 1. The highest BCUT2D eigenvalue weighted by Gasteiger charge is 2.47. The largest absolute Gasteiger partial charge is 0.507 e. The maximum absolute atomic E-state index is 13.2. The Kier molecular flexibility index (Phi) is 6.47. The molecule has 34 heavy (non-hydrogen) atoms. The lowest BCUT2D eigenvalue weighted by atomic mass is 9.96. The average molecular weight is 522 g/mol. The number of carbonyl (C=O) groups excluding carboxylic acids is 3. The van der Waals surface area contributed by atoms with Gasteiger partial charge in [0.05, 0.1) is 23.2 Å². The number of benzene rings is 2. The molecular weight excluding hydrogens is 502 g/mol. The molecule has 1 aromatic heterocycles. The summed E-state index contributed by atoms with van der Waals surface area (Å²) in [6.07, 6.45) is 3.12. The number of aliphatic hydroxyl groups excluding tert-OH is 1. The molecule has 9 heteroatoms. The molecule has 0 aliphatic carbocycles. The first-order chi connectivity index (χ1) is 16.3. The van der Waals surface area contributed by atoms with Crippen LogP contribution in [0, 0.1) is 0 Å². The molecule has 1 unspecified atom stereocenters. The highest BCUT2D eigenvalue weighted by molar-refractivity contribution is 9.10. The van der Waals surface area contributed by atoms with Gasteiger partial charge >= 0.3 is 0 Å². The van der Waals surface area contributed by atoms with Crippen LogP contribution in [-0.2, 0) is 14.4 Å². The van der Waals surface area contributed by atoms with Crippen LogP contribution in [0.5, 0.6) is 5.75 Å². The van der Waals surface area contributed by atoms with E-state index in [0.29, 0.717) is 32.7 Å². The van der Waals surface area contributed by atoms with Crippen LogP contribution in [0.25, 0.3) is 5.76 Å². The predicted octanol–water partition coefficient (Wildman–Crippen LogP) is 4.44. The van der Waals surface area contributed by atoms with E-state index in [1.165, 1.54) is 18.9 Å². The smallest absolute Gasteiger partial charge is 0.300 e. The fourth-order valence-corrected chi connectivity index (χ4v) is 4.40. The molecule has 0 saturated carbocycles. The first-order valence-electron chi connectivity index (χ1n) is 10.2. The summed E-state index contributed by atoms with van der Waals surface area (Å²) >= 11 is 3.38. The molecule has 2 aromatic carbocycles. The third kappa shape index (κ3) is 4.29. The van der Waals surface area contributed by atoms with Gasteiger partial charge in [-0.1, -0.05) is 12.1 Å². The van der Waals surface area contributed by atoms with E-state index in [1.54, 1.807) is 67.0 Å². The van der Waals surface area contributed by atoms with Crippen molar-refractivity contribution in [2.75, 3.05) is 17.3 Å². The summed E-state index contributed by atoms with van der Waals surface area (Å²) in [4.78, 5) is 43.4. The number of amides is 2. The zero-order chi connectivity index (χ0) is 24.4. The molecule has 0 radical (unpaired) electrons. The minimum absolute atomic E-state index is 0.0694. The van der Waals surface area contributed by atoms with E-state index in [-0.39, 0.29) is 17.2 Å². The molecule has 8 nitrogen and oxygen atoms in total. The van der Waals surface area contributed by atoms with Gasteiger partial charge in [-0.05, 0) is 64.0 Å². The van der Waals surface area contributed by atoms with Crippen molar-refractivity contribution in [3.8, 4) is 5.75 Å². The first kappa shape index (κ1) is 23.2. The Morgan fingerprint density at radius 3 is 2.59 bits per heavy atom. The van der Waals surface area contributed by atoms with Crippen LogP contribution in [0.2, 0.25) is 0 Å². The van der Waals surface area contributed by atoms with Crippen molar-refractivity contribution in [2.45, 2.75) is 13.0 Å². The molecule has 3 aromatic rings. The molecule has 0 spiro atoms. The number of nitrogens with zero attached hydrogens (tertiary/aromatic N) is 2. The van der Waals surface area contributed by atoms with Crippen molar-refractivity contribution in [3.05, 3.63) is 88.2 Å². The molecule has 172 valence electrons. The van der Waals surface area contributed by atoms with Crippen molar-refractivity contribution in [1.82, 2.24) is 4.98 Å². The maximum atomic E-state index is 13.2. The topological polar surface area (TPSA) is 109 Å². The average Bonchev–Trinajstić information content (AvgIpc) is 3.09. The van der Waals surface area contributed by atoms with Crippen molar-refractivity contribution in [1.29, 1.82) is 0 Å². The third-order valence-electron chi connectivity index (χ3n) is 5.31. The number of halogens is 1. The molecule has 1 aliphatic heterocycles. The summed E-state index contributed by atoms with van der Waals surface area (Å²) in [5.41, 5.74) is 1.67. The summed E-state index contributed by atoms with van der Waals surface area (Å²) < 4.78 is 5.81. The summed E-state index contributed by atoms with van der Waals surface area (Å²) in [5, 5.41) is 13.9. The van der Waals surface area contributed by atoms with E-state index in [0.717, 1.165) is 0 Å². The molecule has 1 atom stereocenters. The van der Waals surface area contributed by atoms with Gasteiger partial charge < -0.3 is 15.2 Å². The van der Waals surface area contributed by atoms with Crippen LogP contribution >= 0.6 is 15.9 Å². The van der Waals surface area contributed by atoms with E-state index >= 15 is 0 Å². The van der Waals surface area contributed by atoms with Gasteiger partial charge in [0.2, 0.25) is 5.91 Å². The second kappa shape index (κ2) is 9.48. The number of carbonyl (C=O) groups is 3. The molecule has 1 saturated heterocycles. The molecule has 4 rings (SSSR count). The molecule has 1 fully saturated rings. The third-order valence-corrected chi connectivity index (χ3v) is 5.93. The standard InChI is InChI=1S/C25H20BrN3O5/c1-14(30)28-17-6-3-7-18(12-17)29-22(16-5-4-10-27-13-16)21(24(32)25(29)33)23(31)15-8-9-20(34-2)19(26)11-15/h3-13,22,31H,1-2H3,(H,28,30)/b23-21+. The number of hydrogen-bond donors (Lipinski definition) is 2. The Labute approximate surface area is 204 Å². The number of ketones is 1. The summed E-state index contributed by atoms with van der Waals surface area (Å²) in [7, 11) is 1.52. The number of aromatic nitrogens is 1. The SMILES string of the molecule is COc1ccc(/C(O)=C2\C(=O)C(=O)N(c3cccc(NC(C)=O)c3)C2c2cccnc2)cc1Br. The van der Waals surface area contributed by atoms with Gasteiger partial charge in [-0.3, -0.25) is 24.3 Å². The zero-order valence-corrected chi connectivity index (χ0v) is 19.9. The summed E-state index contributed by atoms with van der Waals surface area (Å²) in [5.74, 6) is -1.68. The lowest BCUT2D eigenvalue weighted by Crippen LogP contribution is -2.29. The molecule has 2 heterocycles. The number of aliphatic hydroxyl groups is 1. The van der Waals surface area contributed by atoms with E-state index in [2.05, 4.69) is 26.2 Å². The predicted molar refractivity (Wildman–Crippen MR) is 130 cm³/mol. The molecule has 1 aliphatic rings. The minimum atomic E-state index is -0.929. The molecule has 2 amide bonds. The van der Waals surface area contributed by atoms with Crippen LogP contribution in [0.1, 0.15) is 24.1 Å². The van der Waals surface area contributed by atoms with E-state index in [9.17, 15) is 19.5 Å². The van der Waals surface area contributed by atoms with Gasteiger partial charge in [0.25, 0.3) is 11.7 Å². The number of Topliss-reactive ketones (excluding diaryl/α,β-unsaturated/α-hetero) is 1. The Hall–Kier alpha value is -3.98. The van der Waals surface area contributed by atoms with Crippen LogP contribution in [0.3, 0.4) is 0 Å². The van der Waals surface area contributed by atoms with Crippen molar-refractivity contribution >= 4 is 50.7 Å². The second-order valence-corrected chi connectivity index (χ2v) is 8.39. The van der Waals surface area contributed by atoms with Gasteiger partial charge in [0.15, 0.2) is 0 Å². The van der Waals surface area contributed by atoms with E-state index < -0.39 is 17.7 Å². The second-order valence-electron chi connectivity index (χ2n) is 7.54. The number of pyridine rings is 1. The maximum Gasteiger partial charge on any atom is 0.300 e. The zero-order valence-electron chi connectivity index (χ0n) is 18.3. The van der Waals surface area contributed by atoms with Gasteiger partial charge in [-0.15, -0.1) is 0 Å². The lowest BCUT2D eigenvalue weighted by molar-refractivity contribution is -0.132. The monoisotopic (exact) mass is 521 g/mol. The summed E-state index contributed by atoms with van der Waals surface area (Å²) in [6.45, 7) is 1.38. The lowest BCUT2D eigenvalue weighted by Gasteiger charge is -2.25. The quantitative estimate of drug-likeness (QED) is 0.292. The van der Waals surface area contributed by atoms with Crippen molar-refractivity contribution < 1.29 is 24.2 Å². The number of nitrogens with one attached hydrogen (secondary N) is 1. The molecular formula is C25H20BrN3O5. The number of anilines is 2. The van der Waals surface area contributed by atoms with Crippen LogP contribution in [0.15, 0.2) is 77.0 Å². The Balaban J connectivity index is 1.90. The number of methoxy groups -OCH3 is 1. The van der Waals surface area contributed by atoms with E-state index in [4.69, 9.17) is 4.74 Å². The fraction of sp³-hybridized carbons (Fsp3) is 0.120. The first-order valence-corrected chi connectivity index (χ1v) is 11.0. The van der Waals surface area contributed by atoms with Gasteiger partial charge in [0.1, 0.15) is 11.5 Å². The minimum Gasteiger partial charge on any atom is -0.507 e. The highest BCUT2D eigenvalue weighted by atomic mass is 79.9. The number of rotatable bonds is 5. The van der Waals surface area contributed by atoms with Crippen molar-refractivity contribution in [2.24, 2.45) is 0 Å². The van der Waals surface area contributed by atoms with Crippen LogP contribution in [0.4, 0.5) is 11.4 Å². The molecule has 2 N–H and O–H groups in total. The Morgan fingerprint density at radius 2 is 1.94 bits per heavy atom. The van der Waals surface area contributed by atoms with E-state index in [1.807, 2.05) is 0 Å². The van der Waals surface area contributed by atoms with Gasteiger partial charge in [0, 0.05) is 36.3 Å². The van der Waals surface area contributed by atoms with Crippen LogP contribution < -0.4 is 15.0 Å².